The SMILES string of the molecule is N#Cc1ccc(CCC=O)c(C(O)C(=O)O)c1. The van der Waals surface area contributed by atoms with E-state index >= 15 is 0 Å². The van der Waals surface area contributed by atoms with Gasteiger partial charge in [0.25, 0.3) is 0 Å². The molecule has 0 fully saturated rings. The van der Waals surface area contributed by atoms with E-state index in [1.54, 1.807) is 6.07 Å². The van der Waals surface area contributed by atoms with Crippen LogP contribution in [-0.2, 0) is 16.0 Å². The Labute approximate surface area is 97.9 Å². The van der Waals surface area contributed by atoms with Crippen molar-refractivity contribution in [2.24, 2.45) is 0 Å². The number of hydrogen-bond acceptors (Lipinski definition) is 4. The molecule has 0 aliphatic rings. The van der Waals surface area contributed by atoms with Gasteiger partial charge in [-0.1, -0.05) is 6.07 Å². The van der Waals surface area contributed by atoms with Gasteiger partial charge in [-0.3, -0.25) is 0 Å². The number of aliphatic hydroxyl groups is 1. The molecule has 1 aromatic carbocycles. The molecule has 0 saturated carbocycles. The van der Waals surface area contributed by atoms with Gasteiger partial charge in [-0.15, -0.1) is 0 Å². The normalized spacial score (nSPS) is 11.5. The third-order valence-corrected chi connectivity index (χ3v) is 2.33. The van der Waals surface area contributed by atoms with Gasteiger partial charge in [-0.05, 0) is 29.7 Å². The summed E-state index contributed by atoms with van der Waals surface area (Å²) >= 11 is 0. The van der Waals surface area contributed by atoms with E-state index in [1.807, 2.05) is 6.07 Å². The molecule has 0 bridgehead atoms. The molecule has 0 aliphatic heterocycles. The van der Waals surface area contributed by atoms with Crippen LogP contribution in [0.2, 0.25) is 0 Å². The average Bonchev–Trinajstić information content (AvgIpc) is 2.35. The number of rotatable bonds is 5. The zero-order valence-corrected chi connectivity index (χ0v) is 8.96. The lowest BCUT2D eigenvalue weighted by Gasteiger charge is -2.11. The Kier molecular flexibility index (Phi) is 4.37. The van der Waals surface area contributed by atoms with Crippen LogP contribution in [0.1, 0.15) is 29.2 Å². The van der Waals surface area contributed by atoms with Crippen molar-refractivity contribution >= 4 is 12.3 Å². The number of aliphatic carboxylic acids is 1. The van der Waals surface area contributed by atoms with Crippen LogP contribution in [0.3, 0.4) is 0 Å². The maximum absolute atomic E-state index is 10.7. The lowest BCUT2D eigenvalue weighted by atomic mass is 9.96. The quantitative estimate of drug-likeness (QED) is 0.733. The highest BCUT2D eigenvalue weighted by atomic mass is 16.4. The molecule has 1 unspecified atom stereocenters. The summed E-state index contributed by atoms with van der Waals surface area (Å²) in [5.74, 6) is -1.38. The van der Waals surface area contributed by atoms with Gasteiger partial charge in [0.05, 0.1) is 11.6 Å². The van der Waals surface area contributed by atoms with E-state index in [0.717, 1.165) is 6.29 Å². The minimum Gasteiger partial charge on any atom is -0.479 e. The van der Waals surface area contributed by atoms with E-state index < -0.39 is 12.1 Å². The number of aryl methyl sites for hydroxylation is 1. The lowest BCUT2D eigenvalue weighted by molar-refractivity contribution is -0.147. The van der Waals surface area contributed by atoms with Gasteiger partial charge in [-0.25, -0.2) is 4.79 Å². The molecule has 5 nitrogen and oxygen atoms in total. The number of nitriles is 1. The second kappa shape index (κ2) is 5.77. The molecule has 1 rings (SSSR count). The van der Waals surface area contributed by atoms with Crippen LogP contribution in [0.5, 0.6) is 0 Å². The van der Waals surface area contributed by atoms with Gasteiger partial charge in [0, 0.05) is 6.42 Å². The van der Waals surface area contributed by atoms with Gasteiger partial charge in [-0.2, -0.15) is 5.26 Å². The molecule has 1 atom stereocenters. The Bertz CT molecular complexity index is 476. The second-order valence-corrected chi connectivity index (χ2v) is 3.47. The van der Waals surface area contributed by atoms with Crippen molar-refractivity contribution in [3.63, 3.8) is 0 Å². The Morgan fingerprint density at radius 1 is 1.53 bits per heavy atom. The smallest absolute Gasteiger partial charge is 0.337 e. The summed E-state index contributed by atoms with van der Waals surface area (Å²) in [5, 5.41) is 27.0. The molecule has 0 aromatic heterocycles. The molecule has 88 valence electrons. The van der Waals surface area contributed by atoms with Crippen LogP contribution < -0.4 is 0 Å². The van der Waals surface area contributed by atoms with Crippen LogP contribution in [-0.4, -0.2) is 22.5 Å². The number of hydrogen-bond donors (Lipinski definition) is 2. The molecule has 17 heavy (non-hydrogen) atoms. The van der Waals surface area contributed by atoms with Crippen molar-refractivity contribution in [2.45, 2.75) is 18.9 Å². The summed E-state index contributed by atoms with van der Waals surface area (Å²) in [4.78, 5) is 21.0. The zero-order valence-electron chi connectivity index (χ0n) is 8.96. The molecule has 0 spiro atoms. The average molecular weight is 233 g/mol. The molecule has 0 amide bonds. The van der Waals surface area contributed by atoms with Crippen LogP contribution in [0, 0.1) is 11.3 Å². The van der Waals surface area contributed by atoms with Gasteiger partial charge >= 0.3 is 5.97 Å². The first-order chi connectivity index (χ1) is 8.10. The molecule has 0 saturated heterocycles. The molecule has 2 N–H and O–H groups in total. The van der Waals surface area contributed by atoms with Crippen LogP contribution in [0.4, 0.5) is 0 Å². The van der Waals surface area contributed by atoms with Gasteiger partial charge in [0.2, 0.25) is 0 Å². The summed E-state index contributed by atoms with van der Waals surface area (Å²) in [5.41, 5.74) is 1.000. The molecule has 0 aliphatic carbocycles. The number of benzene rings is 1. The lowest BCUT2D eigenvalue weighted by Crippen LogP contribution is -2.13. The fraction of sp³-hybridized carbons (Fsp3) is 0.250. The molecule has 5 heteroatoms. The zero-order chi connectivity index (χ0) is 12.8. The third kappa shape index (κ3) is 3.13. The number of carboxylic acids is 1. The highest BCUT2D eigenvalue weighted by Gasteiger charge is 2.19. The van der Waals surface area contributed by atoms with E-state index in [4.69, 9.17) is 10.4 Å². The third-order valence-electron chi connectivity index (χ3n) is 2.33. The summed E-state index contributed by atoms with van der Waals surface area (Å²) in [6.45, 7) is 0. The number of nitrogens with zero attached hydrogens (tertiary/aromatic N) is 1. The summed E-state index contributed by atoms with van der Waals surface area (Å²) in [7, 11) is 0. The highest BCUT2D eigenvalue weighted by molar-refractivity contribution is 5.75. The molecular formula is C12H11NO4. The first-order valence-electron chi connectivity index (χ1n) is 4.97. The van der Waals surface area contributed by atoms with Crippen molar-refractivity contribution in [3.05, 3.63) is 34.9 Å². The standard InChI is InChI=1S/C12H11NO4/c13-7-8-3-4-9(2-1-5-14)10(6-8)11(15)12(16)17/h3-6,11,15H,1-2H2,(H,16,17). The topological polar surface area (TPSA) is 98.4 Å². The Morgan fingerprint density at radius 2 is 2.24 bits per heavy atom. The molecule has 1 aromatic rings. The van der Waals surface area contributed by atoms with Crippen molar-refractivity contribution in [1.82, 2.24) is 0 Å². The minimum absolute atomic E-state index is 0.165. The number of carbonyl (C=O) groups is 2. The fourth-order valence-electron chi connectivity index (χ4n) is 1.49. The van der Waals surface area contributed by atoms with Crippen molar-refractivity contribution in [2.75, 3.05) is 0 Å². The van der Waals surface area contributed by atoms with E-state index in [9.17, 15) is 14.7 Å². The Morgan fingerprint density at radius 3 is 2.76 bits per heavy atom. The first kappa shape index (κ1) is 12.9. The number of aliphatic hydroxyl groups excluding tert-OH is 1. The van der Waals surface area contributed by atoms with Crippen molar-refractivity contribution in [1.29, 1.82) is 5.26 Å². The van der Waals surface area contributed by atoms with Gasteiger partial charge in [0.1, 0.15) is 6.29 Å². The van der Waals surface area contributed by atoms with Crippen LogP contribution in [0.25, 0.3) is 0 Å². The maximum Gasteiger partial charge on any atom is 0.337 e. The van der Waals surface area contributed by atoms with Gasteiger partial charge in [0.15, 0.2) is 6.10 Å². The molecule has 0 radical (unpaired) electrons. The number of carboxylic acid groups (broad SMARTS) is 1. The van der Waals surface area contributed by atoms with E-state index in [2.05, 4.69) is 0 Å². The first-order valence-corrected chi connectivity index (χ1v) is 4.97. The van der Waals surface area contributed by atoms with E-state index in [0.29, 0.717) is 12.0 Å². The summed E-state index contributed by atoms with van der Waals surface area (Å²) < 4.78 is 0. The second-order valence-electron chi connectivity index (χ2n) is 3.47. The van der Waals surface area contributed by atoms with E-state index in [-0.39, 0.29) is 17.5 Å². The molecule has 0 heterocycles. The van der Waals surface area contributed by atoms with Crippen molar-refractivity contribution in [3.8, 4) is 6.07 Å². The van der Waals surface area contributed by atoms with Crippen LogP contribution >= 0.6 is 0 Å². The fourth-order valence-corrected chi connectivity index (χ4v) is 1.49. The Balaban J connectivity index is 3.16. The number of carbonyl (C=O) groups excluding carboxylic acids is 1. The maximum atomic E-state index is 10.7. The summed E-state index contributed by atoms with van der Waals surface area (Å²) in [6.07, 6.45) is -0.375. The Hall–Kier alpha value is -2.19. The molecular weight excluding hydrogens is 222 g/mol. The van der Waals surface area contributed by atoms with Crippen molar-refractivity contribution < 1.29 is 19.8 Å². The summed E-state index contributed by atoms with van der Waals surface area (Å²) in [6, 6.07) is 6.29. The monoisotopic (exact) mass is 233 g/mol. The largest absolute Gasteiger partial charge is 0.479 e. The number of aldehydes is 1. The predicted molar refractivity (Wildman–Crippen MR) is 58.1 cm³/mol. The predicted octanol–water partition coefficient (Wildman–Crippen LogP) is 0.808. The van der Waals surface area contributed by atoms with E-state index in [1.165, 1.54) is 12.1 Å². The van der Waals surface area contributed by atoms with Gasteiger partial charge < -0.3 is 15.0 Å². The highest BCUT2D eigenvalue weighted by Crippen LogP contribution is 2.21. The minimum atomic E-state index is -1.68. The van der Waals surface area contributed by atoms with Crippen LogP contribution in [0.15, 0.2) is 18.2 Å².